The van der Waals surface area contributed by atoms with Crippen molar-refractivity contribution < 1.29 is 102 Å². The number of aryl methyl sites for hydroxylation is 8. The van der Waals surface area contributed by atoms with Gasteiger partial charge in [-0.1, -0.05) is 97.1 Å². The molecule has 0 unspecified atom stereocenters. The first kappa shape index (κ1) is 103. The summed E-state index contributed by atoms with van der Waals surface area (Å²) >= 11 is 0. The molecule has 4 aromatic heterocycles. The Bertz CT molecular complexity index is 4940. The number of halogens is 10. The van der Waals surface area contributed by atoms with Crippen LogP contribution in [0.5, 0.6) is 0 Å². The second-order valence-electron chi connectivity index (χ2n) is 36.5. The quantitative estimate of drug-likeness (QED) is 0.0132. The lowest BCUT2D eigenvalue weighted by Gasteiger charge is -2.27. The van der Waals surface area contributed by atoms with E-state index in [4.69, 9.17) is 38.9 Å². The van der Waals surface area contributed by atoms with Crippen molar-refractivity contribution in [2.45, 2.75) is 241 Å². The number of nitrogens with one attached hydrogen (secondary N) is 4. The molecule has 0 aliphatic carbocycles. The molecule has 736 valence electrons. The molecule has 4 saturated heterocycles. The van der Waals surface area contributed by atoms with Crippen LogP contribution in [0.15, 0.2) is 146 Å². The van der Waals surface area contributed by atoms with Crippen molar-refractivity contribution >= 4 is 47.1 Å². The molecule has 0 spiro atoms. The van der Waals surface area contributed by atoms with Crippen LogP contribution in [0.3, 0.4) is 0 Å². The summed E-state index contributed by atoms with van der Waals surface area (Å²) in [7, 11) is 0. The standard InChI is InChI=1S/2C26H33F2N3O3.2C25H30F3N3O3/c2*1-26(27,28)20-8-4-6-19(16-20)23(25(32)33)31-14-12-22(17-31)34-15-3-2-9-21-11-10-18-7-5-13-29-24(18)30-21;2*26-25(27,28)21-9-2-1-8-20(21)22(24(32)33)31-14-12-19(16-31)34-15-4-3-7-18-11-10-17-6-5-13-29-23(17)30-18/h2*4,6,8,10-11,16,22-23H,2-3,5,7,9,12-15,17H2,1H3,(H,29,30)(H,32,33);2*1-2,8-11,19,22H,3-7,12-16H2,(H,29,30)(H,32,33)/t22-,23+;22-,23-;2*19-,22+/m1111/s1. The number of nitrogens with zero attached hydrogens (tertiary/aromatic N) is 8. The van der Waals surface area contributed by atoms with E-state index in [1.165, 1.54) is 95.1 Å². The number of likely N-dealkylation sites (tertiary alicyclic amines) is 4. The lowest BCUT2D eigenvalue weighted by Crippen LogP contribution is -2.34. The number of anilines is 4. The predicted molar refractivity (Wildman–Crippen MR) is 496 cm³/mol. The Morgan fingerprint density at radius 2 is 0.618 bits per heavy atom. The molecule has 8 N–H and O–H groups in total. The molecule has 34 heteroatoms. The van der Waals surface area contributed by atoms with E-state index in [0.717, 1.165) is 239 Å². The lowest BCUT2D eigenvalue weighted by atomic mass is 9.99. The number of carboxylic acid groups (broad SMARTS) is 4. The highest BCUT2D eigenvalue weighted by molar-refractivity contribution is 5.78. The Morgan fingerprint density at radius 3 is 0.875 bits per heavy atom. The average Bonchev–Trinajstić information content (AvgIpc) is 1.59. The highest BCUT2D eigenvalue weighted by atomic mass is 19.4. The number of fused-ring (bicyclic) bond motifs is 4. The van der Waals surface area contributed by atoms with Crippen molar-refractivity contribution in [2.75, 3.05) is 126 Å². The van der Waals surface area contributed by atoms with E-state index in [1.54, 1.807) is 21.9 Å². The fourth-order valence-electron chi connectivity index (χ4n) is 19.1. The second kappa shape index (κ2) is 48.7. The maximum atomic E-state index is 13.7. The molecule has 0 bridgehead atoms. The molecular weight excluding hydrogens is 1780 g/mol. The van der Waals surface area contributed by atoms with Crippen molar-refractivity contribution in [3.05, 3.63) is 235 Å². The fourth-order valence-corrected chi connectivity index (χ4v) is 19.1. The molecule has 12 heterocycles. The Balaban J connectivity index is 0.000000153. The molecule has 8 aliphatic rings. The van der Waals surface area contributed by atoms with E-state index in [9.17, 15) is 83.5 Å². The minimum absolute atomic E-state index is 0.0521. The molecule has 8 aromatic rings. The molecule has 0 saturated carbocycles. The van der Waals surface area contributed by atoms with E-state index in [1.807, 2.05) is 9.80 Å². The third-order valence-corrected chi connectivity index (χ3v) is 26.2. The van der Waals surface area contributed by atoms with Crippen molar-refractivity contribution in [2.24, 2.45) is 0 Å². The Hall–Kier alpha value is -10.5. The molecular formula is C102H126F10N12O12. The van der Waals surface area contributed by atoms with Gasteiger partial charge in [0, 0.05) is 153 Å². The van der Waals surface area contributed by atoms with Crippen LogP contribution in [0.2, 0.25) is 0 Å². The lowest BCUT2D eigenvalue weighted by molar-refractivity contribution is -0.147. The maximum absolute atomic E-state index is 13.7. The molecule has 0 amide bonds. The summed E-state index contributed by atoms with van der Waals surface area (Å²) in [4.78, 5) is 73.5. The number of rotatable bonds is 38. The molecule has 136 heavy (non-hydrogen) atoms. The monoisotopic (exact) mass is 1900 g/mol. The number of hydrogen-bond donors (Lipinski definition) is 8. The van der Waals surface area contributed by atoms with Gasteiger partial charge in [-0.15, -0.1) is 0 Å². The van der Waals surface area contributed by atoms with Gasteiger partial charge in [0.2, 0.25) is 0 Å². The van der Waals surface area contributed by atoms with E-state index in [2.05, 4.69) is 69.8 Å². The van der Waals surface area contributed by atoms with Crippen LogP contribution in [0.25, 0.3) is 0 Å². The first-order valence-electron chi connectivity index (χ1n) is 47.8. The maximum Gasteiger partial charge on any atom is 0.416 e. The summed E-state index contributed by atoms with van der Waals surface area (Å²) in [5, 5.41) is 52.5. The number of ether oxygens (including phenoxy) is 4. The van der Waals surface area contributed by atoms with Gasteiger partial charge in [0.15, 0.2) is 0 Å². The molecule has 8 aliphatic heterocycles. The SMILES string of the molecule is CC(F)(F)c1cccc([C@@H](C(=O)O)N2CC[C@@H](OCCCCc3ccc4c(n3)NCCC4)C2)c1.CC(F)(F)c1cccc([C@H](C(=O)O)N2CC[C@@H](OCCCCc3ccc4c(n3)NCCC4)C2)c1.O=C(O)[C@H](c1ccccc1C(F)(F)F)N1CC[C@@H](OCCCCc2ccc3c(n2)NCCC3)C1.O=C(O)[C@H](c1ccccc1C(F)(F)F)N1CC[C@@H](OCCCCc2ccc3c(n2)NCCC3)C1. The molecule has 8 atom stereocenters. The number of alkyl halides is 10. The van der Waals surface area contributed by atoms with Gasteiger partial charge < -0.3 is 60.6 Å². The van der Waals surface area contributed by atoms with E-state index >= 15 is 0 Å². The first-order valence-corrected chi connectivity index (χ1v) is 47.8. The number of aromatic nitrogens is 4. The highest BCUT2D eigenvalue weighted by Crippen LogP contribution is 2.42. The van der Waals surface area contributed by atoms with Gasteiger partial charge in [0.1, 0.15) is 47.4 Å². The van der Waals surface area contributed by atoms with E-state index in [-0.39, 0.29) is 46.7 Å². The van der Waals surface area contributed by atoms with Crippen LogP contribution >= 0.6 is 0 Å². The number of unbranched alkanes of at least 4 members (excludes halogenated alkanes) is 4. The highest BCUT2D eigenvalue weighted by Gasteiger charge is 2.45. The summed E-state index contributed by atoms with van der Waals surface area (Å²) in [6.45, 7) is 11.2. The normalized spacial score (nSPS) is 19.4. The topological polar surface area (TPSA) is 299 Å². The molecule has 0 radical (unpaired) electrons. The third-order valence-electron chi connectivity index (χ3n) is 26.2. The predicted octanol–water partition coefficient (Wildman–Crippen LogP) is 19.0. The fraction of sp³-hybridized carbons (Fsp3) is 0.529. The number of carboxylic acids is 4. The van der Waals surface area contributed by atoms with Gasteiger partial charge in [-0.3, -0.25) is 38.8 Å². The van der Waals surface area contributed by atoms with Crippen LogP contribution in [0.1, 0.15) is 230 Å². The molecule has 4 fully saturated rings. The number of pyridine rings is 4. The molecule has 4 aromatic carbocycles. The first-order chi connectivity index (χ1) is 65.3. The van der Waals surface area contributed by atoms with Crippen LogP contribution < -0.4 is 21.3 Å². The van der Waals surface area contributed by atoms with E-state index < -0.39 is 83.4 Å². The van der Waals surface area contributed by atoms with Crippen LogP contribution in [0.4, 0.5) is 67.2 Å². The number of hydrogen-bond acceptors (Lipinski definition) is 20. The van der Waals surface area contributed by atoms with Crippen molar-refractivity contribution in [3.63, 3.8) is 0 Å². The largest absolute Gasteiger partial charge is 0.480 e. The van der Waals surface area contributed by atoms with Gasteiger partial charge in [0.25, 0.3) is 11.8 Å². The van der Waals surface area contributed by atoms with Crippen LogP contribution in [-0.2, 0) is 114 Å². The summed E-state index contributed by atoms with van der Waals surface area (Å²) in [6.07, 6.45) is 12.5. The van der Waals surface area contributed by atoms with Gasteiger partial charge in [-0.25, -0.2) is 37.5 Å². The summed E-state index contributed by atoms with van der Waals surface area (Å²) < 4.78 is 159. The zero-order valence-corrected chi connectivity index (χ0v) is 77.2. The zero-order valence-electron chi connectivity index (χ0n) is 77.2. The minimum Gasteiger partial charge on any atom is -0.480 e. The number of benzene rings is 4. The van der Waals surface area contributed by atoms with E-state index in [0.29, 0.717) is 103 Å². The number of carbonyl (C=O) groups is 4. The van der Waals surface area contributed by atoms with Crippen molar-refractivity contribution in [1.29, 1.82) is 0 Å². The second-order valence-corrected chi connectivity index (χ2v) is 36.5. The Labute approximate surface area is 787 Å². The number of aliphatic carboxylic acids is 4. The molecule has 16 rings (SSSR count). The summed E-state index contributed by atoms with van der Waals surface area (Å²) in [5.74, 6) is -6.65. The summed E-state index contributed by atoms with van der Waals surface area (Å²) in [5.41, 5.74) is 7.52. The average molecular weight is 1900 g/mol. The van der Waals surface area contributed by atoms with Crippen LogP contribution in [0, 0.1) is 0 Å². The zero-order chi connectivity index (χ0) is 96.5. The van der Waals surface area contributed by atoms with Crippen molar-refractivity contribution in [3.8, 4) is 0 Å². The summed E-state index contributed by atoms with van der Waals surface area (Å²) in [6, 6.07) is 33.6. The van der Waals surface area contributed by atoms with Gasteiger partial charge in [-0.2, -0.15) is 26.3 Å². The van der Waals surface area contributed by atoms with Gasteiger partial charge >= 0.3 is 36.2 Å². The Kier molecular flexibility index (Phi) is 36.9. The molecule has 24 nitrogen and oxygen atoms in total. The van der Waals surface area contributed by atoms with Crippen LogP contribution in [-0.4, -0.2) is 213 Å². The minimum atomic E-state index is -4.61. The van der Waals surface area contributed by atoms with Gasteiger partial charge in [-0.05, 0) is 247 Å². The Morgan fingerprint density at radius 1 is 0.353 bits per heavy atom. The van der Waals surface area contributed by atoms with Crippen molar-refractivity contribution in [1.82, 2.24) is 39.5 Å². The smallest absolute Gasteiger partial charge is 0.416 e. The van der Waals surface area contributed by atoms with Gasteiger partial charge in [0.05, 0.1) is 35.5 Å². The third kappa shape index (κ3) is 29.3.